The van der Waals surface area contributed by atoms with Crippen LogP contribution in [0.15, 0.2) is 28.0 Å². The second-order valence-electron chi connectivity index (χ2n) is 4.28. The van der Waals surface area contributed by atoms with E-state index in [-0.39, 0.29) is 10.6 Å². The van der Waals surface area contributed by atoms with Crippen molar-refractivity contribution in [1.82, 2.24) is 0 Å². The van der Waals surface area contributed by atoms with Gasteiger partial charge in [0.25, 0.3) is 0 Å². The molecule has 0 aliphatic rings. The van der Waals surface area contributed by atoms with Gasteiger partial charge in [-0.25, -0.2) is 13.6 Å². The summed E-state index contributed by atoms with van der Waals surface area (Å²) in [4.78, 5) is 0.959. The van der Waals surface area contributed by atoms with Crippen LogP contribution >= 0.6 is 11.8 Å². The van der Waals surface area contributed by atoms with Crippen LogP contribution in [0.5, 0.6) is 0 Å². The number of anilines is 1. The SMILES string of the molecule is CC(C)CCSc1ccc(S(N)(=O)=O)c(N)c1. The van der Waals surface area contributed by atoms with E-state index in [1.807, 2.05) is 0 Å². The zero-order chi connectivity index (χ0) is 13.1. The largest absolute Gasteiger partial charge is 0.398 e. The van der Waals surface area contributed by atoms with E-state index in [0.29, 0.717) is 5.92 Å². The van der Waals surface area contributed by atoms with Gasteiger partial charge in [-0.05, 0) is 36.3 Å². The Balaban J connectivity index is 2.76. The van der Waals surface area contributed by atoms with Crippen LogP contribution in [-0.4, -0.2) is 14.2 Å². The van der Waals surface area contributed by atoms with Gasteiger partial charge in [0.05, 0.1) is 5.69 Å². The Kier molecular flexibility index (Phi) is 4.85. The third-order valence-electron chi connectivity index (χ3n) is 2.25. The molecule has 0 amide bonds. The number of hydrogen-bond acceptors (Lipinski definition) is 4. The van der Waals surface area contributed by atoms with Gasteiger partial charge in [-0.3, -0.25) is 0 Å². The lowest BCUT2D eigenvalue weighted by molar-refractivity contribution is 0.598. The van der Waals surface area contributed by atoms with Crippen LogP contribution in [0.4, 0.5) is 5.69 Å². The first-order valence-electron chi connectivity index (χ1n) is 5.36. The first kappa shape index (κ1) is 14.3. The third-order valence-corrected chi connectivity index (χ3v) is 4.26. The van der Waals surface area contributed by atoms with Gasteiger partial charge in [0.15, 0.2) is 0 Å². The van der Waals surface area contributed by atoms with Gasteiger partial charge < -0.3 is 5.73 Å². The number of hydrogen-bond donors (Lipinski definition) is 2. The average molecular weight is 274 g/mol. The van der Waals surface area contributed by atoms with Crippen molar-refractivity contribution in [3.8, 4) is 0 Å². The number of sulfonamides is 1. The summed E-state index contributed by atoms with van der Waals surface area (Å²) in [6.07, 6.45) is 1.11. The fourth-order valence-electron chi connectivity index (χ4n) is 1.29. The first-order chi connectivity index (χ1) is 7.80. The lowest BCUT2D eigenvalue weighted by atomic mass is 10.2. The number of nitrogens with two attached hydrogens (primary N) is 2. The Morgan fingerprint density at radius 3 is 2.47 bits per heavy atom. The monoisotopic (exact) mass is 274 g/mol. The Morgan fingerprint density at radius 1 is 1.35 bits per heavy atom. The molecule has 0 heterocycles. The summed E-state index contributed by atoms with van der Waals surface area (Å²) in [5.74, 6) is 1.65. The first-order valence-corrected chi connectivity index (χ1v) is 7.89. The van der Waals surface area contributed by atoms with Crippen LogP contribution in [0.2, 0.25) is 0 Å². The fourth-order valence-corrected chi connectivity index (χ4v) is 3.13. The maximum atomic E-state index is 11.2. The van der Waals surface area contributed by atoms with Crippen LogP contribution in [0.1, 0.15) is 20.3 Å². The number of thioether (sulfide) groups is 1. The molecular formula is C11H18N2O2S2. The highest BCUT2D eigenvalue weighted by molar-refractivity contribution is 7.99. The van der Waals surface area contributed by atoms with E-state index in [1.54, 1.807) is 23.9 Å². The Hall–Kier alpha value is -0.720. The molecule has 0 fully saturated rings. The molecule has 6 heteroatoms. The predicted molar refractivity (Wildman–Crippen MR) is 72.4 cm³/mol. The van der Waals surface area contributed by atoms with Crippen LogP contribution in [0, 0.1) is 5.92 Å². The second kappa shape index (κ2) is 5.75. The molecule has 0 saturated carbocycles. The van der Waals surface area contributed by atoms with E-state index in [0.717, 1.165) is 17.1 Å². The van der Waals surface area contributed by atoms with E-state index >= 15 is 0 Å². The quantitative estimate of drug-likeness (QED) is 0.635. The van der Waals surface area contributed by atoms with E-state index in [4.69, 9.17) is 10.9 Å². The maximum absolute atomic E-state index is 11.2. The number of primary sulfonamides is 1. The summed E-state index contributed by atoms with van der Waals surface area (Å²) in [7, 11) is -3.72. The van der Waals surface area contributed by atoms with Crippen LogP contribution in [0.25, 0.3) is 0 Å². The average Bonchev–Trinajstić information content (AvgIpc) is 2.14. The van der Waals surface area contributed by atoms with Crippen LogP contribution in [0.3, 0.4) is 0 Å². The van der Waals surface area contributed by atoms with Crippen molar-refractivity contribution in [2.24, 2.45) is 11.1 Å². The highest BCUT2D eigenvalue weighted by Gasteiger charge is 2.12. The molecule has 1 aromatic rings. The van der Waals surface area contributed by atoms with Gasteiger partial charge in [0, 0.05) is 4.90 Å². The Morgan fingerprint density at radius 2 is 2.00 bits per heavy atom. The summed E-state index contributed by atoms with van der Waals surface area (Å²) >= 11 is 1.67. The van der Waals surface area contributed by atoms with E-state index in [1.165, 1.54) is 6.07 Å². The van der Waals surface area contributed by atoms with Crippen molar-refractivity contribution in [3.63, 3.8) is 0 Å². The molecule has 4 N–H and O–H groups in total. The molecule has 96 valence electrons. The van der Waals surface area contributed by atoms with Crippen molar-refractivity contribution in [1.29, 1.82) is 0 Å². The summed E-state index contributed by atoms with van der Waals surface area (Å²) in [6, 6.07) is 4.86. The summed E-state index contributed by atoms with van der Waals surface area (Å²) in [5.41, 5.74) is 5.88. The fraction of sp³-hybridized carbons (Fsp3) is 0.455. The van der Waals surface area contributed by atoms with Crippen molar-refractivity contribution in [2.45, 2.75) is 30.1 Å². The predicted octanol–water partition coefficient (Wildman–Crippen LogP) is 2.05. The van der Waals surface area contributed by atoms with Gasteiger partial charge in [0.1, 0.15) is 4.90 Å². The molecule has 0 aromatic heterocycles. The lowest BCUT2D eigenvalue weighted by Gasteiger charge is -2.07. The minimum absolute atomic E-state index is 0.00860. The van der Waals surface area contributed by atoms with Crippen LogP contribution in [-0.2, 0) is 10.0 Å². The molecule has 0 saturated heterocycles. The number of nitrogen functional groups attached to an aromatic ring is 1. The molecule has 0 bridgehead atoms. The highest BCUT2D eigenvalue weighted by Crippen LogP contribution is 2.26. The number of rotatable bonds is 5. The molecule has 1 aromatic carbocycles. The topological polar surface area (TPSA) is 86.2 Å². The molecule has 0 aliphatic heterocycles. The molecule has 4 nitrogen and oxygen atoms in total. The van der Waals surface area contributed by atoms with E-state index in [2.05, 4.69) is 13.8 Å². The van der Waals surface area contributed by atoms with Gasteiger partial charge in [-0.2, -0.15) is 0 Å². The van der Waals surface area contributed by atoms with Crippen molar-refractivity contribution < 1.29 is 8.42 Å². The van der Waals surface area contributed by atoms with Gasteiger partial charge >= 0.3 is 0 Å². The Bertz CT molecular complexity index is 484. The smallest absolute Gasteiger partial charge is 0.240 e. The van der Waals surface area contributed by atoms with Gasteiger partial charge in [-0.15, -0.1) is 11.8 Å². The molecule has 0 spiro atoms. The Labute approximate surface area is 107 Å². The van der Waals surface area contributed by atoms with E-state index < -0.39 is 10.0 Å². The molecule has 0 radical (unpaired) electrons. The summed E-state index contributed by atoms with van der Waals surface area (Å²) in [6.45, 7) is 4.33. The molecule has 0 aliphatic carbocycles. The highest BCUT2D eigenvalue weighted by atomic mass is 32.2. The molecule has 17 heavy (non-hydrogen) atoms. The molecule has 0 unspecified atom stereocenters. The number of benzene rings is 1. The maximum Gasteiger partial charge on any atom is 0.240 e. The van der Waals surface area contributed by atoms with Gasteiger partial charge in [0.2, 0.25) is 10.0 Å². The third kappa shape index (κ3) is 4.57. The lowest BCUT2D eigenvalue weighted by Crippen LogP contribution is -2.14. The molecule has 1 rings (SSSR count). The summed E-state index contributed by atoms with van der Waals surface area (Å²) in [5, 5.41) is 5.03. The second-order valence-corrected chi connectivity index (χ2v) is 6.97. The zero-order valence-corrected chi connectivity index (χ0v) is 11.6. The van der Waals surface area contributed by atoms with Gasteiger partial charge in [-0.1, -0.05) is 13.8 Å². The van der Waals surface area contributed by atoms with Crippen molar-refractivity contribution in [3.05, 3.63) is 18.2 Å². The molecule has 0 atom stereocenters. The standard InChI is InChI=1S/C11H18N2O2S2/c1-8(2)5-6-16-9-3-4-11(10(12)7-9)17(13,14)15/h3-4,7-8H,5-6,12H2,1-2H3,(H2,13,14,15). The minimum Gasteiger partial charge on any atom is -0.398 e. The van der Waals surface area contributed by atoms with Crippen molar-refractivity contribution in [2.75, 3.05) is 11.5 Å². The normalized spacial score (nSPS) is 12.0. The minimum atomic E-state index is -3.72. The van der Waals surface area contributed by atoms with Crippen molar-refractivity contribution >= 4 is 27.5 Å². The molecular weight excluding hydrogens is 256 g/mol. The zero-order valence-electron chi connectivity index (χ0n) is 10.0. The van der Waals surface area contributed by atoms with Crippen LogP contribution < -0.4 is 10.9 Å². The van der Waals surface area contributed by atoms with E-state index in [9.17, 15) is 8.42 Å². The summed E-state index contributed by atoms with van der Waals surface area (Å²) < 4.78 is 22.3.